The normalized spacial score (nSPS) is 12.3. The molecule has 1 heterocycles. The van der Waals surface area contributed by atoms with E-state index in [0.29, 0.717) is 5.75 Å². The maximum atomic E-state index is 11.9. The summed E-state index contributed by atoms with van der Waals surface area (Å²) in [7, 11) is 0. The number of nitrogens with one attached hydrogen (secondary N) is 1. The Morgan fingerprint density at radius 3 is 2.12 bits per heavy atom. The molecule has 5 aromatic rings. The molecule has 0 fully saturated rings. The second-order valence-corrected chi connectivity index (χ2v) is 10.6. The Labute approximate surface area is 232 Å². The van der Waals surface area contributed by atoms with Crippen molar-refractivity contribution in [3.63, 3.8) is 0 Å². The standard InChI is InChI=1S/C33H31NO6/c1-33(2,3)40-32(37)34-28(31(35)36)19-20-38-24-17-15-22(16-18-24)21-11-13-23(14-12-21)25-8-6-9-27-26-7-4-5-10-29(26)39-30(25)27/h4-18,28H,19-20H2,1-3H3,(H,34,37)(H,35,36)/t28-/m0/s1. The van der Waals surface area contributed by atoms with E-state index in [0.717, 1.165) is 44.2 Å². The van der Waals surface area contributed by atoms with Gasteiger partial charge in [-0.25, -0.2) is 9.59 Å². The molecule has 1 atom stereocenters. The lowest BCUT2D eigenvalue weighted by Gasteiger charge is -2.22. The maximum Gasteiger partial charge on any atom is 0.408 e. The predicted molar refractivity (Wildman–Crippen MR) is 155 cm³/mol. The van der Waals surface area contributed by atoms with Crippen LogP contribution in [0.15, 0.2) is 95.4 Å². The third kappa shape index (κ3) is 6.10. The SMILES string of the molecule is CC(C)(C)OC(=O)N[C@@H](CCOc1ccc(-c2ccc(-c3cccc4c3oc3ccccc34)cc2)cc1)C(=O)O. The Morgan fingerprint density at radius 1 is 0.825 bits per heavy atom. The summed E-state index contributed by atoms with van der Waals surface area (Å²) in [6.07, 6.45) is -0.681. The highest BCUT2D eigenvalue weighted by Crippen LogP contribution is 2.36. The van der Waals surface area contributed by atoms with Crippen LogP contribution in [0.3, 0.4) is 0 Å². The van der Waals surface area contributed by atoms with E-state index in [1.165, 1.54) is 0 Å². The summed E-state index contributed by atoms with van der Waals surface area (Å²) in [5.74, 6) is -0.539. The summed E-state index contributed by atoms with van der Waals surface area (Å²) in [5.41, 5.74) is 5.24. The number of benzene rings is 4. The zero-order chi connectivity index (χ0) is 28.3. The van der Waals surface area contributed by atoms with Crippen molar-refractivity contribution >= 4 is 34.0 Å². The fourth-order valence-electron chi connectivity index (χ4n) is 4.56. The van der Waals surface area contributed by atoms with Crippen molar-refractivity contribution in [1.29, 1.82) is 0 Å². The number of aliphatic carboxylic acids is 1. The van der Waals surface area contributed by atoms with Crippen molar-refractivity contribution in [2.45, 2.75) is 38.8 Å². The smallest absolute Gasteiger partial charge is 0.408 e. The Balaban J connectivity index is 1.22. The van der Waals surface area contributed by atoms with Crippen molar-refractivity contribution in [2.24, 2.45) is 0 Å². The Morgan fingerprint density at radius 2 is 1.45 bits per heavy atom. The molecule has 7 heteroatoms. The van der Waals surface area contributed by atoms with E-state index < -0.39 is 23.7 Å². The number of carboxylic acid groups (broad SMARTS) is 1. The molecule has 4 aromatic carbocycles. The van der Waals surface area contributed by atoms with Gasteiger partial charge in [0.2, 0.25) is 0 Å². The molecular formula is C33H31NO6. The summed E-state index contributed by atoms with van der Waals surface area (Å²) in [5, 5.41) is 14.0. The number of hydrogen-bond acceptors (Lipinski definition) is 5. The molecule has 5 rings (SSSR count). The van der Waals surface area contributed by atoms with E-state index in [9.17, 15) is 14.7 Å². The van der Waals surface area contributed by atoms with E-state index in [4.69, 9.17) is 13.9 Å². The van der Waals surface area contributed by atoms with Crippen LogP contribution < -0.4 is 10.1 Å². The van der Waals surface area contributed by atoms with Gasteiger partial charge in [0, 0.05) is 22.8 Å². The molecule has 7 nitrogen and oxygen atoms in total. The molecule has 204 valence electrons. The molecule has 1 amide bonds. The number of hydrogen-bond donors (Lipinski definition) is 2. The van der Waals surface area contributed by atoms with Crippen molar-refractivity contribution in [1.82, 2.24) is 5.32 Å². The van der Waals surface area contributed by atoms with Gasteiger partial charge in [0.05, 0.1) is 6.61 Å². The third-order valence-electron chi connectivity index (χ3n) is 6.45. The van der Waals surface area contributed by atoms with E-state index in [2.05, 4.69) is 53.8 Å². The fraction of sp³-hybridized carbons (Fsp3) is 0.212. The van der Waals surface area contributed by atoms with Crippen molar-refractivity contribution < 1.29 is 28.6 Å². The van der Waals surface area contributed by atoms with Gasteiger partial charge in [-0.3, -0.25) is 0 Å². The predicted octanol–water partition coefficient (Wildman–Crippen LogP) is 7.67. The highest BCUT2D eigenvalue weighted by Gasteiger charge is 2.24. The number of amides is 1. The van der Waals surface area contributed by atoms with Gasteiger partial charge in [-0.2, -0.15) is 0 Å². The van der Waals surface area contributed by atoms with Crippen molar-refractivity contribution in [3.05, 3.63) is 91.0 Å². The minimum absolute atomic E-state index is 0.0930. The fourth-order valence-corrected chi connectivity index (χ4v) is 4.56. The Kier molecular flexibility index (Phi) is 7.47. The first kappa shape index (κ1) is 26.8. The molecule has 40 heavy (non-hydrogen) atoms. The van der Waals surface area contributed by atoms with Crippen LogP contribution in [0.2, 0.25) is 0 Å². The third-order valence-corrected chi connectivity index (χ3v) is 6.45. The molecular weight excluding hydrogens is 506 g/mol. The molecule has 1 aromatic heterocycles. The summed E-state index contributed by atoms with van der Waals surface area (Å²) in [6.45, 7) is 5.26. The van der Waals surface area contributed by atoms with Gasteiger partial charge in [0.1, 0.15) is 28.6 Å². The number of alkyl carbamates (subject to hydrolysis) is 1. The molecule has 0 aliphatic rings. The van der Waals surface area contributed by atoms with Gasteiger partial charge in [-0.15, -0.1) is 0 Å². The Bertz CT molecular complexity index is 1650. The minimum Gasteiger partial charge on any atom is -0.494 e. The minimum atomic E-state index is -1.15. The molecule has 2 N–H and O–H groups in total. The second-order valence-electron chi connectivity index (χ2n) is 10.6. The second kappa shape index (κ2) is 11.1. The topological polar surface area (TPSA) is 98.0 Å². The van der Waals surface area contributed by atoms with Crippen molar-refractivity contribution in [3.8, 4) is 28.0 Å². The molecule has 0 spiro atoms. The van der Waals surface area contributed by atoms with Crippen LogP contribution in [0.25, 0.3) is 44.2 Å². The number of fused-ring (bicyclic) bond motifs is 3. The molecule has 0 bridgehead atoms. The lowest BCUT2D eigenvalue weighted by molar-refractivity contribution is -0.139. The Hall–Kier alpha value is -4.78. The first-order valence-electron chi connectivity index (χ1n) is 13.1. The van der Waals surface area contributed by atoms with Crippen LogP contribution >= 0.6 is 0 Å². The highest BCUT2D eigenvalue weighted by atomic mass is 16.6. The summed E-state index contributed by atoms with van der Waals surface area (Å²) >= 11 is 0. The van der Waals surface area contributed by atoms with Crippen LogP contribution in [-0.4, -0.2) is 35.4 Å². The molecule has 0 saturated heterocycles. The number of para-hydroxylation sites is 2. The summed E-state index contributed by atoms with van der Waals surface area (Å²) in [4.78, 5) is 23.5. The first-order chi connectivity index (χ1) is 19.2. The number of carbonyl (C=O) groups excluding carboxylic acids is 1. The quantitative estimate of drug-likeness (QED) is 0.211. The van der Waals surface area contributed by atoms with Gasteiger partial charge in [-0.1, -0.05) is 72.8 Å². The summed E-state index contributed by atoms with van der Waals surface area (Å²) in [6, 6.07) is 29.1. The number of carboxylic acids is 1. The van der Waals surface area contributed by atoms with E-state index in [1.807, 2.05) is 42.5 Å². The van der Waals surface area contributed by atoms with Gasteiger partial charge in [0.25, 0.3) is 0 Å². The van der Waals surface area contributed by atoms with Gasteiger partial charge in [0.15, 0.2) is 0 Å². The van der Waals surface area contributed by atoms with E-state index in [1.54, 1.807) is 20.8 Å². The zero-order valence-electron chi connectivity index (χ0n) is 22.6. The number of ether oxygens (including phenoxy) is 2. The average molecular weight is 538 g/mol. The van der Waals surface area contributed by atoms with E-state index in [-0.39, 0.29) is 13.0 Å². The van der Waals surface area contributed by atoms with Crippen LogP contribution in [-0.2, 0) is 9.53 Å². The molecule has 0 saturated carbocycles. The largest absolute Gasteiger partial charge is 0.494 e. The molecule has 0 aliphatic heterocycles. The molecule has 0 aliphatic carbocycles. The maximum absolute atomic E-state index is 11.9. The molecule has 0 unspecified atom stereocenters. The van der Waals surface area contributed by atoms with Crippen LogP contribution in [0.4, 0.5) is 4.79 Å². The van der Waals surface area contributed by atoms with Crippen LogP contribution in [0.1, 0.15) is 27.2 Å². The van der Waals surface area contributed by atoms with E-state index >= 15 is 0 Å². The summed E-state index contributed by atoms with van der Waals surface area (Å²) < 4.78 is 17.1. The van der Waals surface area contributed by atoms with Crippen LogP contribution in [0.5, 0.6) is 5.75 Å². The van der Waals surface area contributed by atoms with Gasteiger partial charge in [-0.05, 0) is 55.7 Å². The average Bonchev–Trinajstić information content (AvgIpc) is 3.31. The monoisotopic (exact) mass is 537 g/mol. The van der Waals surface area contributed by atoms with Gasteiger partial charge < -0.3 is 24.3 Å². The zero-order valence-corrected chi connectivity index (χ0v) is 22.6. The first-order valence-corrected chi connectivity index (χ1v) is 13.1. The molecule has 0 radical (unpaired) electrons. The van der Waals surface area contributed by atoms with Crippen molar-refractivity contribution in [2.75, 3.05) is 6.61 Å². The lowest BCUT2D eigenvalue weighted by atomic mass is 9.99. The lowest BCUT2D eigenvalue weighted by Crippen LogP contribution is -2.44. The number of carbonyl (C=O) groups is 2. The van der Waals surface area contributed by atoms with Crippen LogP contribution in [0, 0.1) is 0 Å². The highest BCUT2D eigenvalue weighted by molar-refractivity contribution is 6.09. The van der Waals surface area contributed by atoms with Gasteiger partial charge >= 0.3 is 12.1 Å². The number of rotatable bonds is 8. The number of furan rings is 1.